The molecule has 1 aromatic rings. The van der Waals surface area contributed by atoms with Gasteiger partial charge in [0.05, 0.1) is 16.6 Å². The maximum atomic E-state index is 12.2. The number of nitro groups is 1. The van der Waals surface area contributed by atoms with Gasteiger partial charge in [0, 0.05) is 12.5 Å². The van der Waals surface area contributed by atoms with Crippen molar-refractivity contribution in [1.82, 2.24) is 0 Å². The van der Waals surface area contributed by atoms with E-state index >= 15 is 0 Å². The molecule has 1 atom stereocenters. The maximum absolute atomic E-state index is 12.2. The molecule has 1 aliphatic heterocycles. The number of rotatable bonds is 4. The van der Waals surface area contributed by atoms with Crippen molar-refractivity contribution >= 4 is 18.1 Å². The Morgan fingerprint density at radius 2 is 1.90 bits per heavy atom. The van der Waals surface area contributed by atoms with Crippen molar-refractivity contribution in [2.45, 2.75) is 25.1 Å². The molecule has 6 nitrogen and oxygen atoms in total. The van der Waals surface area contributed by atoms with Gasteiger partial charge in [0.25, 0.3) is 5.69 Å². The quantitative estimate of drug-likeness (QED) is 0.678. The van der Waals surface area contributed by atoms with Crippen molar-refractivity contribution in [3.8, 4) is 11.5 Å². The van der Waals surface area contributed by atoms with Crippen LogP contribution in [0.15, 0.2) is 12.1 Å². The van der Waals surface area contributed by atoms with E-state index in [0.717, 1.165) is 6.07 Å². The molecule has 0 radical (unpaired) electrons. The second-order valence-corrected chi connectivity index (χ2v) is 4.28. The molecule has 0 saturated carbocycles. The van der Waals surface area contributed by atoms with Gasteiger partial charge in [-0.2, -0.15) is 13.2 Å². The molecule has 0 bridgehead atoms. The summed E-state index contributed by atoms with van der Waals surface area (Å²) in [6, 6.07) is 1.28. The zero-order valence-electron chi connectivity index (χ0n) is 10.6. The van der Waals surface area contributed by atoms with E-state index in [4.69, 9.17) is 15.2 Å². The van der Waals surface area contributed by atoms with Crippen LogP contribution in [0.1, 0.15) is 24.4 Å². The average molecular weight is 329 g/mol. The van der Waals surface area contributed by atoms with Gasteiger partial charge in [0.1, 0.15) is 0 Å². The van der Waals surface area contributed by atoms with Gasteiger partial charge in [-0.05, 0) is 12.5 Å². The summed E-state index contributed by atoms with van der Waals surface area (Å²) in [6.45, 7) is -0.0896. The normalized spacial score (nSPS) is 14.5. The highest BCUT2D eigenvalue weighted by Gasteiger charge is 2.31. The fourth-order valence-corrected chi connectivity index (χ4v) is 1.88. The van der Waals surface area contributed by atoms with Crippen molar-refractivity contribution in [3.05, 3.63) is 27.8 Å². The largest absolute Gasteiger partial charge is 0.454 e. The number of halogens is 4. The summed E-state index contributed by atoms with van der Waals surface area (Å²) in [5.41, 5.74) is 5.27. The van der Waals surface area contributed by atoms with Crippen molar-refractivity contribution in [1.29, 1.82) is 0 Å². The smallest absolute Gasteiger partial charge is 0.389 e. The molecule has 0 aromatic heterocycles. The van der Waals surface area contributed by atoms with E-state index in [-0.39, 0.29) is 41.9 Å². The van der Waals surface area contributed by atoms with Crippen molar-refractivity contribution < 1.29 is 27.6 Å². The standard InChI is InChI=1S/C11H11F3N2O4.ClH/c12-11(13,14)2-1-7(15)6-3-9-10(20-5-19-9)4-8(6)16(17)18;/h3-4,7H,1-2,5,15H2;1H/t7-;/m0./s1. The second-order valence-electron chi connectivity index (χ2n) is 4.28. The molecule has 0 amide bonds. The summed E-state index contributed by atoms with van der Waals surface area (Å²) < 4.78 is 46.6. The lowest BCUT2D eigenvalue weighted by Crippen LogP contribution is -2.17. The summed E-state index contributed by atoms with van der Waals surface area (Å²) in [6.07, 6.45) is -5.91. The molecule has 0 fully saturated rings. The molecule has 0 saturated heterocycles. The van der Waals surface area contributed by atoms with Crippen molar-refractivity contribution in [2.24, 2.45) is 5.73 Å². The van der Waals surface area contributed by atoms with Gasteiger partial charge in [0.15, 0.2) is 11.5 Å². The minimum Gasteiger partial charge on any atom is -0.454 e. The van der Waals surface area contributed by atoms with Crippen LogP contribution < -0.4 is 15.2 Å². The van der Waals surface area contributed by atoms with E-state index in [9.17, 15) is 23.3 Å². The Balaban J connectivity index is 0.00000220. The number of fused-ring (bicyclic) bond motifs is 1. The van der Waals surface area contributed by atoms with Gasteiger partial charge < -0.3 is 15.2 Å². The molecule has 2 rings (SSSR count). The van der Waals surface area contributed by atoms with Crippen LogP contribution in [0.5, 0.6) is 11.5 Å². The Kier molecular flexibility index (Phi) is 5.24. The topological polar surface area (TPSA) is 87.6 Å². The first kappa shape index (κ1) is 17.3. The van der Waals surface area contributed by atoms with Crippen LogP contribution >= 0.6 is 12.4 Å². The number of alkyl halides is 3. The lowest BCUT2D eigenvalue weighted by molar-refractivity contribution is -0.385. The average Bonchev–Trinajstić information content (AvgIpc) is 2.80. The number of nitrogens with zero attached hydrogens (tertiary/aromatic N) is 1. The van der Waals surface area contributed by atoms with Crippen LogP contribution in [0.25, 0.3) is 0 Å². The molecule has 2 N–H and O–H groups in total. The van der Waals surface area contributed by atoms with E-state index < -0.39 is 30.0 Å². The Labute approximate surface area is 123 Å². The van der Waals surface area contributed by atoms with E-state index in [0.29, 0.717) is 0 Å². The second kappa shape index (κ2) is 6.35. The van der Waals surface area contributed by atoms with Gasteiger partial charge in [-0.15, -0.1) is 12.4 Å². The zero-order valence-corrected chi connectivity index (χ0v) is 11.4. The predicted octanol–water partition coefficient (Wildman–Crippen LogP) is 3.09. The SMILES string of the molecule is Cl.N[C@@H](CCC(F)(F)F)c1cc2c(cc1[N+](=O)[O-])OCO2. The third-order valence-electron chi connectivity index (χ3n) is 2.86. The fourth-order valence-electron chi connectivity index (χ4n) is 1.88. The van der Waals surface area contributed by atoms with E-state index in [1.807, 2.05) is 0 Å². The number of hydrogen-bond donors (Lipinski definition) is 1. The monoisotopic (exact) mass is 328 g/mol. The van der Waals surface area contributed by atoms with Gasteiger partial charge in [-0.1, -0.05) is 0 Å². The first-order chi connectivity index (χ1) is 9.28. The molecule has 1 heterocycles. The highest BCUT2D eigenvalue weighted by Crippen LogP contribution is 2.41. The molecular formula is C11H12ClF3N2O4. The van der Waals surface area contributed by atoms with Crippen molar-refractivity contribution in [3.63, 3.8) is 0 Å². The number of nitro benzene ring substituents is 1. The molecule has 1 aliphatic rings. The summed E-state index contributed by atoms with van der Waals surface area (Å²) in [7, 11) is 0. The van der Waals surface area contributed by atoms with Crippen LogP contribution in [-0.2, 0) is 0 Å². The molecule has 1 aromatic carbocycles. The maximum Gasteiger partial charge on any atom is 0.389 e. The van der Waals surface area contributed by atoms with Gasteiger partial charge in [-0.25, -0.2) is 0 Å². The summed E-state index contributed by atoms with van der Waals surface area (Å²) in [4.78, 5) is 10.3. The number of benzene rings is 1. The summed E-state index contributed by atoms with van der Waals surface area (Å²) >= 11 is 0. The van der Waals surface area contributed by atoms with E-state index in [2.05, 4.69) is 0 Å². The fraction of sp³-hybridized carbons (Fsp3) is 0.455. The molecule has 21 heavy (non-hydrogen) atoms. The summed E-state index contributed by atoms with van der Waals surface area (Å²) in [5, 5.41) is 11.0. The minimum atomic E-state index is -4.36. The van der Waals surface area contributed by atoms with Crippen LogP contribution in [-0.4, -0.2) is 17.9 Å². The molecule has 0 unspecified atom stereocenters. The van der Waals surface area contributed by atoms with Crippen LogP contribution in [0.4, 0.5) is 18.9 Å². The highest BCUT2D eigenvalue weighted by molar-refractivity contribution is 5.85. The molecule has 118 valence electrons. The Hall–Kier alpha value is -1.74. The molecule has 0 aliphatic carbocycles. The van der Waals surface area contributed by atoms with Crippen LogP contribution in [0, 0.1) is 10.1 Å². The summed E-state index contributed by atoms with van der Waals surface area (Å²) in [5.74, 6) is 0.427. The Morgan fingerprint density at radius 3 is 2.43 bits per heavy atom. The number of ether oxygens (including phenoxy) is 2. The molecule has 0 spiro atoms. The van der Waals surface area contributed by atoms with Gasteiger partial charge in [0.2, 0.25) is 6.79 Å². The highest BCUT2D eigenvalue weighted by atomic mass is 35.5. The van der Waals surface area contributed by atoms with Crippen molar-refractivity contribution in [2.75, 3.05) is 6.79 Å². The number of hydrogen-bond acceptors (Lipinski definition) is 5. The first-order valence-corrected chi connectivity index (χ1v) is 5.68. The zero-order chi connectivity index (χ0) is 14.9. The minimum absolute atomic E-state index is 0. The van der Waals surface area contributed by atoms with Gasteiger partial charge >= 0.3 is 6.18 Å². The van der Waals surface area contributed by atoms with Crippen LogP contribution in [0.2, 0.25) is 0 Å². The molecule has 10 heteroatoms. The predicted molar refractivity (Wildman–Crippen MR) is 68.7 cm³/mol. The number of nitrogens with two attached hydrogens (primary N) is 1. The Morgan fingerprint density at radius 1 is 1.33 bits per heavy atom. The lowest BCUT2D eigenvalue weighted by Gasteiger charge is -2.14. The lowest BCUT2D eigenvalue weighted by atomic mass is 10.00. The third-order valence-corrected chi connectivity index (χ3v) is 2.86. The van der Waals surface area contributed by atoms with Gasteiger partial charge in [-0.3, -0.25) is 10.1 Å². The van der Waals surface area contributed by atoms with E-state index in [1.165, 1.54) is 6.07 Å². The third kappa shape index (κ3) is 4.11. The van der Waals surface area contributed by atoms with Crippen LogP contribution in [0.3, 0.4) is 0 Å². The Bertz CT molecular complexity index is 539. The molecular weight excluding hydrogens is 317 g/mol. The van der Waals surface area contributed by atoms with E-state index in [1.54, 1.807) is 0 Å². The first-order valence-electron chi connectivity index (χ1n) is 5.68.